The van der Waals surface area contributed by atoms with Gasteiger partial charge in [-0.1, -0.05) is 19.1 Å². The zero-order valence-corrected chi connectivity index (χ0v) is 18.3. The molecule has 0 amide bonds. The van der Waals surface area contributed by atoms with Crippen molar-refractivity contribution in [1.82, 2.24) is 0 Å². The van der Waals surface area contributed by atoms with Gasteiger partial charge in [0, 0.05) is 25.8 Å². The van der Waals surface area contributed by atoms with E-state index in [9.17, 15) is 14.4 Å². The van der Waals surface area contributed by atoms with Gasteiger partial charge in [0.25, 0.3) is 0 Å². The first kappa shape index (κ1) is 21.7. The van der Waals surface area contributed by atoms with Gasteiger partial charge in [-0.05, 0) is 43.6 Å². The monoisotopic (exact) mass is 430 g/mol. The van der Waals surface area contributed by atoms with Crippen LogP contribution in [0.2, 0.25) is 0 Å². The Morgan fingerprint density at radius 3 is 2.71 bits per heavy atom. The van der Waals surface area contributed by atoms with E-state index in [2.05, 4.69) is 6.58 Å². The van der Waals surface area contributed by atoms with Crippen LogP contribution in [-0.2, 0) is 28.6 Å². The molecule has 1 spiro atoms. The lowest BCUT2D eigenvalue weighted by Crippen LogP contribution is -2.63. The van der Waals surface area contributed by atoms with Crippen molar-refractivity contribution in [3.8, 4) is 0 Å². The number of hydrogen-bond donors (Lipinski definition) is 0. The molecule has 1 aliphatic heterocycles. The third kappa shape index (κ3) is 3.29. The molecule has 3 aliphatic rings. The molecular formula is C24H30O7. The number of cyclic esters (lactones) is 1. The van der Waals surface area contributed by atoms with Crippen LogP contribution >= 0.6 is 0 Å². The third-order valence-electron chi connectivity index (χ3n) is 7.78. The largest absolute Gasteiger partial charge is 0.472 e. The topological polar surface area (TPSA) is 92.0 Å². The molecule has 7 nitrogen and oxygen atoms in total. The summed E-state index contributed by atoms with van der Waals surface area (Å²) < 4.78 is 22.5. The van der Waals surface area contributed by atoms with Crippen molar-refractivity contribution in [1.29, 1.82) is 0 Å². The van der Waals surface area contributed by atoms with E-state index in [4.69, 9.17) is 18.6 Å². The number of rotatable bonds is 4. The van der Waals surface area contributed by atoms with Gasteiger partial charge in [-0.25, -0.2) is 0 Å². The molecule has 0 aromatic carbocycles. The van der Waals surface area contributed by atoms with Gasteiger partial charge < -0.3 is 18.6 Å². The Balaban J connectivity index is 1.81. The van der Waals surface area contributed by atoms with Crippen molar-refractivity contribution in [2.45, 2.75) is 65.1 Å². The standard InChI is InChI=1S/C24H30O7/c1-14-6-5-7-20-23(11-19(31-22(23)27)18-8-9-28-12-18)15(2)10-21(30-17(4)26)24(14,20)13-29-16(3)25/h8-9,12,15,19-21H,1,5-7,10-11,13H2,2-4H3/t15-,19+,20-,21+,23+,24+/m1/s1. The number of fused-ring (bicyclic) bond motifs is 2. The molecule has 6 atom stereocenters. The van der Waals surface area contributed by atoms with Gasteiger partial charge in [0.05, 0.1) is 23.4 Å². The molecule has 0 radical (unpaired) electrons. The van der Waals surface area contributed by atoms with Gasteiger partial charge in [-0.15, -0.1) is 0 Å². The second kappa shape index (κ2) is 7.84. The molecule has 2 heterocycles. The highest BCUT2D eigenvalue weighted by Crippen LogP contribution is 2.67. The van der Waals surface area contributed by atoms with Crippen molar-refractivity contribution in [3.05, 3.63) is 36.3 Å². The summed E-state index contributed by atoms with van der Waals surface area (Å²) >= 11 is 0. The summed E-state index contributed by atoms with van der Waals surface area (Å²) in [6.45, 7) is 9.15. The van der Waals surface area contributed by atoms with Crippen LogP contribution in [0.5, 0.6) is 0 Å². The van der Waals surface area contributed by atoms with E-state index in [0.717, 1.165) is 30.4 Å². The number of carbonyl (C=O) groups excluding carboxylic acids is 3. The minimum atomic E-state index is -0.813. The van der Waals surface area contributed by atoms with Crippen LogP contribution in [0.3, 0.4) is 0 Å². The van der Waals surface area contributed by atoms with Crippen molar-refractivity contribution in [3.63, 3.8) is 0 Å². The Labute approximate surface area is 182 Å². The third-order valence-corrected chi connectivity index (χ3v) is 7.78. The molecule has 2 saturated carbocycles. The highest BCUT2D eigenvalue weighted by atomic mass is 16.6. The lowest BCUT2D eigenvalue weighted by Gasteiger charge is -2.59. The fraction of sp³-hybridized carbons (Fsp3) is 0.625. The Hall–Kier alpha value is -2.57. The van der Waals surface area contributed by atoms with E-state index >= 15 is 0 Å². The van der Waals surface area contributed by atoms with Crippen molar-refractivity contribution < 1.29 is 33.0 Å². The SMILES string of the molecule is C=C1CCC[C@H]2[C@@]1(COC(C)=O)[C@@H](OC(C)=O)C[C@@H](C)[C@@]21C[C@@H](c2ccoc2)OC1=O. The fourth-order valence-electron chi connectivity index (χ4n) is 6.38. The lowest BCUT2D eigenvalue weighted by atomic mass is 9.44. The zero-order valence-electron chi connectivity index (χ0n) is 18.3. The Kier molecular flexibility index (Phi) is 5.48. The van der Waals surface area contributed by atoms with E-state index in [1.54, 1.807) is 12.5 Å². The summed E-state index contributed by atoms with van der Waals surface area (Å²) in [5, 5.41) is 0. The fourth-order valence-corrected chi connectivity index (χ4v) is 6.38. The van der Waals surface area contributed by atoms with Crippen LogP contribution in [-0.4, -0.2) is 30.6 Å². The molecule has 0 bridgehead atoms. The number of furan rings is 1. The summed E-state index contributed by atoms with van der Waals surface area (Å²) in [5.74, 6) is -1.33. The predicted octanol–water partition coefficient (Wildman–Crippen LogP) is 4.13. The Morgan fingerprint density at radius 1 is 1.29 bits per heavy atom. The highest BCUT2D eigenvalue weighted by Gasteiger charge is 2.69. The smallest absolute Gasteiger partial charge is 0.313 e. The number of esters is 3. The van der Waals surface area contributed by atoms with E-state index in [-0.39, 0.29) is 30.5 Å². The van der Waals surface area contributed by atoms with Gasteiger partial charge in [0.1, 0.15) is 18.8 Å². The first-order valence-corrected chi connectivity index (χ1v) is 10.9. The second-order valence-electron chi connectivity index (χ2n) is 9.30. The summed E-state index contributed by atoms with van der Waals surface area (Å²) in [6, 6.07) is 1.82. The van der Waals surface area contributed by atoms with Crippen molar-refractivity contribution >= 4 is 17.9 Å². The molecule has 168 valence electrons. The first-order valence-electron chi connectivity index (χ1n) is 10.9. The molecule has 1 aromatic heterocycles. The summed E-state index contributed by atoms with van der Waals surface area (Å²) in [6.07, 6.45) is 5.62. The number of carbonyl (C=O) groups is 3. The minimum absolute atomic E-state index is 0.0436. The maximum Gasteiger partial charge on any atom is 0.313 e. The quantitative estimate of drug-likeness (QED) is 0.403. The summed E-state index contributed by atoms with van der Waals surface area (Å²) in [5.41, 5.74) is 0.121. The number of ether oxygens (including phenoxy) is 3. The number of hydrogen-bond acceptors (Lipinski definition) is 7. The second-order valence-corrected chi connectivity index (χ2v) is 9.30. The molecular weight excluding hydrogens is 400 g/mol. The molecule has 2 aliphatic carbocycles. The average molecular weight is 430 g/mol. The summed E-state index contributed by atoms with van der Waals surface area (Å²) in [7, 11) is 0. The zero-order chi connectivity index (χ0) is 22.4. The summed E-state index contributed by atoms with van der Waals surface area (Å²) in [4.78, 5) is 37.3. The molecule has 7 heteroatoms. The van der Waals surface area contributed by atoms with Crippen LogP contribution in [0.15, 0.2) is 35.2 Å². The maximum atomic E-state index is 13.5. The molecule has 31 heavy (non-hydrogen) atoms. The predicted molar refractivity (Wildman–Crippen MR) is 109 cm³/mol. The molecule has 3 fully saturated rings. The van der Waals surface area contributed by atoms with Crippen LogP contribution in [0, 0.1) is 22.7 Å². The molecule has 0 unspecified atom stereocenters. The van der Waals surface area contributed by atoms with E-state index < -0.39 is 28.9 Å². The van der Waals surface area contributed by atoms with Crippen LogP contribution < -0.4 is 0 Å². The Morgan fingerprint density at radius 2 is 2.06 bits per heavy atom. The van der Waals surface area contributed by atoms with Crippen LogP contribution in [0.1, 0.15) is 64.5 Å². The van der Waals surface area contributed by atoms with Crippen molar-refractivity contribution in [2.24, 2.45) is 22.7 Å². The first-order chi connectivity index (χ1) is 14.7. The van der Waals surface area contributed by atoms with E-state index in [1.807, 2.05) is 13.0 Å². The van der Waals surface area contributed by atoms with Crippen molar-refractivity contribution in [2.75, 3.05) is 6.61 Å². The van der Waals surface area contributed by atoms with E-state index in [1.165, 1.54) is 13.8 Å². The van der Waals surface area contributed by atoms with Gasteiger partial charge in [0.15, 0.2) is 0 Å². The maximum absolute atomic E-state index is 13.5. The average Bonchev–Trinajstić information content (AvgIpc) is 3.33. The molecule has 1 aromatic rings. The lowest BCUT2D eigenvalue weighted by molar-refractivity contribution is -0.197. The van der Waals surface area contributed by atoms with Crippen LogP contribution in [0.4, 0.5) is 0 Å². The van der Waals surface area contributed by atoms with E-state index in [0.29, 0.717) is 12.8 Å². The highest BCUT2D eigenvalue weighted by molar-refractivity contribution is 5.81. The minimum Gasteiger partial charge on any atom is -0.472 e. The van der Waals surface area contributed by atoms with Crippen LogP contribution in [0.25, 0.3) is 0 Å². The van der Waals surface area contributed by atoms with Gasteiger partial charge in [-0.3, -0.25) is 14.4 Å². The van der Waals surface area contributed by atoms with Gasteiger partial charge in [0.2, 0.25) is 0 Å². The van der Waals surface area contributed by atoms with Gasteiger partial charge in [-0.2, -0.15) is 0 Å². The molecule has 0 N–H and O–H groups in total. The normalized spacial score (nSPS) is 37.3. The molecule has 4 rings (SSSR count). The van der Waals surface area contributed by atoms with Gasteiger partial charge >= 0.3 is 17.9 Å². The Bertz CT molecular complexity index is 888. The molecule has 1 saturated heterocycles.